The van der Waals surface area contributed by atoms with Crippen molar-refractivity contribution >= 4 is 5.84 Å². The number of amidine groups is 1. The van der Waals surface area contributed by atoms with E-state index in [1.54, 1.807) is 0 Å². The molecule has 0 saturated carbocycles. The van der Waals surface area contributed by atoms with Gasteiger partial charge < -0.3 is 10.1 Å². The standard InChI is InChI=1S/C16H22N2O/c1-2-3-6-9-16(15-17-10-11-18-15)12-13-7-4-5-8-14(13)19-16/h4-5,7-8H,2-3,6,9-12H2,1H3,(H,17,18). The third kappa shape index (κ3) is 2.34. The maximum Gasteiger partial charge on any atom is 0.169 e. The summed E-state index contributed by atoms with van der Waals surface area (Å²) in [5.74, 6) is 2.11. The first-order chi connectivity index (χ1) is 9.34. The van der Waals surface area contributed by atoms with E-state index in [1.807, 2.05) is 6.07 Å². The predicted molar refractivity (Wildman–Crippen MR) is 78.0 cm³/mol. The molecule has 19 heavy (non-hydrogen) atoms. The van der Waals surface area contributed by atoms with Gasteiger partial charge in [-0.2, -0.15) is 0 Å². The van der Waals surface area contributed by atoms with Crippen LogP contribution in [0.5, 0.6) is 5.75 Å². The summed E-state index contributed by atoms with van der Waals surface area (Å²) in [4.78, 5) is 4.63. The maximum absolute atomic E-state index is 6.33. The van der Waals surface area contributed by atoms with Gasteiger partial charge in [0.05, 0.1) is 6.54 Å². The van der Waals surface area contributed by atoms with Gasteiger partial charge >= 0.3 is 0 Å². The summed E-state index contributed by atoms with van der Waals surface area (Å²) >= 11 is 0. The number of hydrogen-bond acceptors (Lipinski definition) is 3. The van der Waals surface area contributed by atoms with E-state index in [4.69, 9.17) is 4.74 Å². The minimum Gasteiger partial charge on any atom is -0.479 e. The van der Waals surface area contributed by atoms with Gasteiger partial charge in [0.1, 0.15) is 11.6 Å². The second-order valence-electron chi connectivity index (χ2n) is 5.50. The van der Waals surface area contributed by atoms with Crippen molar-refractivity contribution in [2.24, 2.45) is 4.99 Å². The number of ether oxygens (including phenoxy) is 1. The minimum absolute atomic E-state index is 0.227. The van der Waals surface area contributed by atoms with Gasteiger partial charge in [-0.25, -0.2) is 0 Å². The lowest BCUT2D eigenvalue weighted by Crippen LogP contribution is -2.48. The van der Waals surface area contributed by atoms with Crippen molar-refractivity contribution in [2.75, 3.05) is 13.1 Å². The van der Waals surface area contributed by atoms with Crippen molar-refractivity contribution in [2.45, 2.75) is 44.6 Å². The molecule has 3 heteroatoms. The molecule has 0 fully saturated rings. The highest BCUT2D eigenvalue weighted by Gasteiger charge is 2.44. The fourth-order valence-corrected chi connectivity index (χ4v) is 3.06. The molecule has 1 N–H and O–H groups in total. The van der Waals surface area contributed by atoms with Crippen molar-refractivity contribution < 1.29 is 4.74 Å². The van der Waals surface area contributed by atoms with E-state index >= 15 is 0 Å². The number of unbranched alkanes of at least 4 members (excludes halogenated alkanes) is 2. The molecule has 0 aromatic heterocycles. The minimum atomic E-state index is -0.227. The lowest BCUT2D eigenvalue weighted by molar-refractivity contribution is 0.151. The van der Waals surface area contributed by atoms with E-state index < -0.39 is 0 Å². The predicted octanol–water partition coefficient (Wildman–Crippen LogP) is 2.94. The van der Waals surface area contributed by atoms with Crippen LogP contribution in [0.4, 0.5) is 0 Å². The monoisotopic (exact) mass is 258 g/mol. The highest BCUT2D eigenvalue weighted by Crippen LogP contribution is 2.38. The third-order valence-corrected chi connectivity index (χ3v) is 4.04. The van der Waals surface area contributed by atoms with E-state index in [-0.39, 0.29) is 5.60 Å². The largest absolute Gasteiger partial charge is 0.479 e. The number of aliphatic imine (C=N–C) groups is 1. The quantitative estimate of drug-likeness (QED) is 0.824. The number of nitrogens with one attached hydrogen (secondary N) is 1. The molecule has 0 saturated heterocycles. The van der Waals surface area contributed by atoms with Crippen LogP contribution in [-0.2, 0) is 6.42 Å². The van der Waals surface area contributed by atoms with Crippen LogP contribution in [0.25, 0.3) is 0 Å². The van der Waals surface area contributed by atoms with Crippen molar-refractivity contribution in [1.82, 2.24) is 5.32 Å². The first-order valence-electron chi connectivity index (χ1n) is 7.40. The van der Waals surface area contributed by atoms with Gasteiger partial charge in [-0.15, -0.1) is 0 Å². The van der Waals surface area contributed by atoms with Crippen LogP contribution in [0.2, 0.25) is 0 Å². The Hall–Kier alpha value is -1.51. The molecule has 0 amide bonds. The Morgan fingerprint density at radius 2 is 2.21 bits per heavy atom. The molecule has 3 nitrogen and oxygen atoms in total. The summed E-state index contributed by atoms with van der Waals surface area (Å²) < 4.78 is 6.33. The Balaban J connectivity index is 1.83. The number of benzene rings is 1. The molecule has 2 aliphatic rings. The lowest BCUT2D eigenvalue weighted by Gasteiger charge is -2.29. The van der Waals surface area contributed by atoms with E-state index in [9.17, 15) is 0 Å². The smallest absolute Gasteiger partial charge is 0.169 e. The zero-order valence-corrected chi connectivity index (χ0v) is 11.6. The Labute approximate surface area is 115 Å². The first kappa shape index (κ1) is 12.5. The molecule has 102 valence electrons. The number of rotatable bonds is 5. The highest BCUT2D eigenvalue weighted by atomic mass is 16.5. The van der Waals surface area contributed by atoms with Crippen molar-refractivity contribution in [3.63, 3.8) is 0 Å². The Kier molecular flexibility index (Phi) is 3.45. The highest BCUT2D eigenvalue weighted by molar-refractivity contribution is 5.93. The lowest BCUT2D eigenvalue weighted by atomic mass is 9.89. The molecule has 2 heterocycles. The molecular weight excluding hydrogens is 236 g/mol. The summed E-state index contributed by atoms with van der Waals surface area (Å²) in [6.45, 7) is 4.07. The fraction of sp³-hybridized carbons (Fsp3) is 0.562. The first-order valence-corrected chi connectivity index (χ1v) is 7.40. The topological polar surface area (TPSA) is 33.6 Å². The van der Waals surface area contributed by atoms with Gasteiger partial charge in [-0.3, -0.25) is 4.99 Å². The van der Waals surface area contributed by atoms with Crippen LogP contribution in [0.15, 0.2) is 29.3 Å². The molecule has 3 rings (SSSR count). The average molecular weight is 258 g/mol. The van der Waals surface area contributed by atoms with Crippen molar-refractivity contribution in [1.29, 1.82) is 0 Å². The SMILES string of the molecule is CCCCCC1(C2=NCCN2)Cc2ccccc2O1. The number of para-hydroxylation sites is 1. The molecule has 0 bridgehead atoms. The summed E-state index contributed by atoms with van der Waals surface area (Å²) in [6, 6.07) is 8.39. The summed E-state index contributed by atoms with van der Waals surface area (Å²) in [7, 11) is 0. The molecule has 1 aromatic rings. The van der Waals surface area contributed by atoms with E-state index in [0.717, 1.165) is 37.5 Å². The molecule has 0 aliphatic carbocycles. The van der Waals surface area contributed by atoms with Gasteiger partial charge in [0, 0.05) is 13.0 Å². The van der Waals surface area contributed by atoms with E-state index in [1.165, 1.54) is 24.8 Å². The Bertz CT molecular complexity index is 456. The zero-order valence-electron chi connectivity index (χ0n) is 11.6. The zero-order chi connectivity index (χ0) is 13.1. The fourth-order valence-electron chi connectivity index (χ4n) is 3.06. The van der Waals surface area contributed by atoms with Gasteiger partial charge in [0.15, 0.2) is 5.60 Å². The normalized spacial score (nSPS) is 24.6. The molecule has 0 spiro atoms. The van der Waals surface area contributed by atoms with E-state index in [2.05, 4.69) is 35.4 Å². The third-order valence-electron chi connectivity index (χ3n) is 4.04. The molecule has 1 aromatic carbocycles. The van der Waals surface area contributed by atoms with Crippen LogP contribution in [0, 0.1) is 0 Å². The summed E-state index contributed by atoms with van der Waals surface area (Å²) in [5.41, 5.74) is 1.09. The van der Waals surface area contributed by atoms with Crippen LogP contribution in [0.1, 0.15) is 38.2 Å². The molecule has 0 radical (unpaired) electrons. The summed E-state index contributed by atoms with van der Waals surface area (Å²) in [5, 5.41) is 3.43. The maximum atomic E-state index is 6.33. The van der Waals surface area contributed by atoms with Crippen LogP contribution < -0.4 is 10.1 Å². The summed E-state index contributed by atoms with van der Waals surface area (Å²) in [6.07, 6.45) is 5.71. The molecule has 2 aliphatic heterocycles. The Morgan fingerprint density at radius 3 is 2.95 bits per heavy atom. The number of nitrogens with zero attached hydrogens (tertiary/aromatic N) is 1. The van der Waals surface area contributed by atoms with Crippen LogP contribution in [0.3, 0.4) is 0 Å². The van der Waals surface area contributed by atoms with Crippen LogP contribution in [-0.4, -0.2) is 24.5 Å². The number of hydrogen-bond donors (Lipinski definition) is 1. The van der Waals surface area contributed by atoms with Gasteiger partial charge in [0.2, 0.25) is 0 Å². The Morgan fingerprint density at radius 1 is 1.32 bits per heavy atom. The molecule has 1 atom stereocenters. The van der Waals surface area contributed by atoms with E-state index in [0.29, 0.717) is 0 Å². The molecular formula is C16H22N2O. The molecule has 1 unspecified atom stereocenters. The van der Waals surface area contributed by atoms with Crippen molar-refractivity contribution in [3.05, 3.63) is 29.8 Å². The van der Waals surface area contributed by atoms with Gasteiger partial charge in [-0.1, -0.05) is 38.0 Å². The van der Waals surface area contributed by atoms with Gasteiger partial charge in [0.25, 0.3) is 0 Å². The number of fused-ring (bicyclic) bond motifs is 1. The average Bonchev–Trinajstić information content (AvgIpc) is 3.07. The second kappa shape index (κ2) is 5.24. The van der Waals surface area contributed by atoms with Crippen LogP contribution >= 0.6 is 0 Å². The van der Waals surface area contributed by atoms with Gasteiger partial charge in [-0.05, 0) is 24.5 Å². The van der Waals surface area contributed by atoms with Crippen molar-refractivity contribution in [3.8, 4) is 5.75 Å². The second-order valence-corrected chi connectivity index (χ2v) is 5.50.